The van der Waals surface area contributed by atoms with Crippen molar-refractivity contribution in [3.05, 3.63) is 11.5 Å². The molecule has 1 atom stereocenters. The van der Waals surface area contributed by atoms with Gasteiger partial charge in [-0.05, 0) is 17.1 Å². The topological polar surface area (TPSA) is 66.7 Å². The van der Waals surface area contributed by atoms with Crippen molar-refractivity contribution in [2.24, 2.45) is 4.99 Å². The highest BCUT2D eigenvalue weighted by atomic mass is 31.1. The monoisotopic (exact) mass is 160 g/mol. The minimum absolute atomic E-state index is 0.104. The van der Waals surface area contributed by atoms with Gasteiger partial charge >= 0.3 is 13.5 Å². The van der Waals surface area contributed by atoms with Crippen molar-refractivity contribution < 1.29 is 14.3 Å². The van der Waals surface area contributed by atoms with Crippen LogP contribution < -0.4 is 0 Å². The van der Waals surface area contributed by atoms with Gasteiger partial charge in [0.05, 0.1) is 0 Å². The summed E-state index contributed by atoms with van der Waals surface area (Å²) >= 11 is 0. The van der Waals surface area contributed by atoms with E-state index in [9.17, 15) is 9.36 Å². The first-order valence-electron chi connectivity index (χ1n) is 2.66. The van der Waals surface area contributed by atoms with Crippen molar-refractivity contribution in [2.75, 3.05) is 0 Å². The van der Waals surface area contributed by atoms with Gasteiger partial charge in [-0.3, -0.25) is 0 Å². The third kappa shape index (κ3) is 3.25. The maximum Gasteiger partial charge on any atom is 0.567 e. The Hall–Kier alpha value is -0.820. The summed E-state index contributed by atoms with van der Waals surface area (Å²) in [7, 11) is -2.49. The third-order valence-corrected chi connectivity index (χ3v) is 1.42. The van der Waals surface area contributed by atoms with E-state index in [1.165, 1.54) is 12.2 Å². The minimum atomic E-state index is -2.49. The Morgan fingerprint density at radius 3 is 2.80 bits per heavy atom. The van der Waals surface area contributed by atoms with E-state index in [4.69, 9.17) is 4.89 Å². The van der Waals surface area contributed by atoms with Crippen LogP contribution in [0.25, 0.3) is 0 Å². The number of isocyanates is 1. The predicted molar refractivity (Wildman–Crippen MR) is 36.3 cm³/mol. The molecule has 0 aromatic rings. The Morgan fingerprint density at radius 1 is 1.90 bits per heavy atom. The van der Waals surface area contributed by atoms with Crippen LogP contribution in [-0.2, 0) is 9.36 Å². The van der Waals surface area contributed by atoms with Gasteiger partial charge in [-0.25, -0.2) is 4.79 Å². The zero-order valence-corrected chi connectivity index (χ0v) is 6.34. The van der Waals surface area contributed by atoms with Crippen molar-refractivity contribution in [1.29, 1.82) is 0 Å². The van der Waals surface area contributed by atoms with Crippen LogP contribution in [0.15, 0.2) is 16.5 Å². The number of rotatable bonds is 3. The van der Waals surface area contributed by atoms with Crippen molar-refractivity contribution in [1.82, 2.24) is 0 Å². The second kappa shape index (κ2) is 5.00. The fraction of sp³-hybridized carbons (Fsp3) is 0.400. The van der Waals surface area contributed by atoms with Gasteiger partial charge in [-0.15, -0.1) is 4.99 Å². The van der Waals surface area contributed by atoms with Gasteiger partial charge in [0.1, 0.15) is 0 Å². The molecule has 0 saturated carbocycles. The second-order valence-electron chi connectivity index (χ2n) is 1.45. The summed E-state index contributed by atoms with van der Waals surface area (Å²) in [6, 6.07) is 0. The Balaban J connectivity index is 4.41. The van der Waals surface area contributed by atoms with Crippen molar-refractivity contribution in [3.63, 3.8) is 0 Å². The Morgan fingerprint density at radius 2 is 2.50 bits per heavy atom. The first-order chi connectivity index (χ1) is 4.72. The van der Waals surface area contributed by atoms with E-state index in [-0.39, 0.29) is 5.44 Å². The summed E-state index contributed by atoms with van der Waals surface area (Å²) in [5, 5.41) is 0. The standard InChI is InChI=1S/C5H6NO3P/c1-2-3-5(6-4-7)10(8)9/h3H,2H2,1H3/p+1. The first kappa shape index (κ1) is 9.18. The lowest BCUT2D eigenvalue weighted by atomic mass is 10.5. The molecule has 1 unspecified atom stereocenters. The van der Waals surface area contributed by atoms with Gasteiger partial charge in [-0.2, -0.15) is 4.89 Å². The number of nitrogens with zero attached hydrogens (tertiary/aromatic N) is 1. The van der Waals surface area contributed by atoms with Gasteiger partial charge in [0.25, 0.3) is 0 Å². The lowest BCUT2D eigenvalue weighted by molar-refractivity contribution is 0.508. The number of aliphatic imine (C=N–C) groups is 1. The maximum absolute atomic E-state index is 10.3. The van der Waals surface area contributed by atoms with E-state index in [0.29, 0.717) is 6.42 Å². The van der Waals surface area contributed by atoms with Crippen LogP contribution in [-0.4, -0.2) is 11.0 Å². The van der Waals surface area contributed by atoms with Gasteiger partial charge < -0.3 is 0 Å². The average Bonchev–Trinajstić information content (AvgIpc) is 1.87. The van der Waals surface area contributed by atoms with Crippen molar-refractivity contribution >= 4 is 14.1 Å². The highest BCUT2D eigenvalue weighted by molar-refractivity contribution is 7.43. The highest BCUT2D eigenvalue weighted by Gasteiger charge is 2.18. The molecule has 10 heavy (non-hydrogen) atoms. The predicted octanol–water partition coefficient (Wildman–Crippen LogP) is 1.31. The molecule has 0 aromatic heterocycles. The van der Waals surface area contributed by atoms with Crippen LogP contribution in [0, 0.1) is 0 Å². The minimum Gasteiger partial charge on any atom is -0.211 e. The number of hydrogen-bond acceptors (Lipinski definition) is 3. The van der Waals surface area contributed by atoms with Gasteiger partial charge in [0.15, 0.2) is 0 Å². The Labute approximate surface area is 59.2 Å². The lowest BCUT2D eigenvalue weighted by Gasteiger charge is -1.74. The van der Waals surface area contributed by atoms with Gasteiger partial charge in [0.2, 0.25) is 6.08 Å². The van der Waals surface area contributed by atoms with Gasteiger partial charge in [-0.1, -0.05) is 6.92 Å². The number of allylic oxidation sites excluding steroid dienone is 1. The molecule has 0 rings (SSSR count). The van der Waals surface area contributed by atoms with E-state index in [2.05, 4.69) is 4.99 Å². The largest absolute Gasteiger partial charge is 0.567 e. The summed E-state index contributed by atoms with van der Waals surface area (Å²) in [5.41, 5.74) is -0.104. The molecule has 54 valence electrons. The number of carbonyl (C=O) groups excluding carboxylic acids is 1. The SMILES string of the molecule is CCC=C(N=C=O)[P+](=O)O. The van der Waals surface area contributed by atoms with Gasteiger partial charge in [0, 0.05) is 0 Å². The summed E-state index contributed by atoms with van der Waals surface area (Å²) in [4.78, 5) is 21.1. The summed E-state index contributed by atoms with van der Waals surface area (Å²) in [6.07, 6.45) is 3.17. The molecule has 0 saturated heterocycles. The molecule has 0 spiro atoms. The van der Waals surface area contributed by atoms with E-state index >= 15 is 0 Å². The van der Waals surface area contributed by atoms with Crippen molar-refractivity contribution in [3.8, 4) is 0 Å². The fourth-order valence-electron chi connectivity index (χ4n) is 0.396. The first-order valence-corrected chi connectivity index (χ1v) is 3.87. The second-order valence-corrected chi connectivity index (χ2v) is 2.45. The van der Waals surface area contributed by atoms with Crippen LogP contribution >= 0.6 is 8.03 Å². The van der Waals surface area contributed by atoms with E-state index < -0.39 is 8.03 Å². The zero-order chi connectivity index (χ0) is 7.98. The smallest absolute Gasteiger partial charge is 0.211 e. The zero-order valence-electron chi connectivity index (χ0n) is 5.44. The third-order valence-electron chi connectivity index (χ3n) is 0.743. The van der Waals surface area contributed by atoms with Crippen LogP contribution in [0.2, 0.25) is 0 Å². The van der Waals surface area contributed by atoms with E-state index in [1.807, 2.05) is 0 Å². The van der Waals surface area contributed by atoms with Crippen LogP contribution in [0.4, 0.5) is 0 Å². The molecule has 0 aliphatic rings. The molecule has 0 aromatic carbocycles. The maximum atomic E-state index is 10.3. The summed E-state index contributed by atoms with van der Waals surface area (Å²) < 4.78 is 10.3. The quantitative estimate of drug-likeness (QED) is 0.384. The summed E-state index contributed by atoms with van der Waals surface area (Å²) in [6.45, 7) is 1.78. The summed E-state index contributed by atoms with van der Waals surface area (Å²) in [5.74, 6) is 0. The molecule has 0 aliphatic carbocycles. The molecule has 0 bridgehead atoms. The van der Waals surface area contributed by atoms with Crippen LogP contribution in [0.3, 0.4) is 0 Å². The normalized spacial score (nSPS) is 12.2. The number of hydrogen-bond donors (Lipinski definition) is 1. The molecular weight excluding hydrogens is 153 g/mol. The molecular formula is C5H7NO3P+. The van der Waals surface area contributed by atoms with E-state index in [0.717, 1.165) is 0 Å². The molecule has 0 radical (unpaired) electrons. The van der Waals surface area contributed by atoms with E-state index in [1.54, 1.807) is 6.92 Å². The molecule has 0 fully saturated rings. The molecule has 5 heteroatoms. The highest BCUT2D eigenvalue weighted by Crippen LogP contribution is 2.27. The van der Waals surface area contributed by atoms with Crippen molar-refractivity contribution in [2.45, 2.75) is 13.3 Å². The Kier molecular flexibility index (Phi) is 4.59. The average molecular weight is 160 g/mol. The molecule has 0 heterocycles. The molecule has 1 N–H and O–H groups in total. The Bertz CT molecular complexity index is 201. The molecule has 0 aliphatic heterocycles. The van der Waals surface area contributed by atoms with Crippen LogP contribution in [0.1, 0.15) is 13.3 Å². The lowest BCUT2D eigenvalue weighted by Crippen LogP contribution is -1.68. The fourth-order valence-corrected chi connectivity index (χ4v) is 0.861. The molecule has 4 nitrogen and oxygen atoms in total. The van der Waals surface area contributed by atoms with Crippen LogP contribution in [0.5, 0.6) is 0 Å². The molecule has 0 amide bonds.